The largest absolute Gasteiger partial charge is 2.00 e. The summed E-state index contributed by atoms with van der Waals surface area (Å²) in [5.74, 6) is 1.24. The molecule has 0 fully saturated rings. The van der Waals surface area contributed by atoms with E-state index in [2.05, 4.69) is 111 Å². The van der Waals surface area contributed by atoms with Gasteiger partial charge in [-0.3, -0.25) is 9.97 Å². The van der Waals surface area contributed by atoms with Gasteiger partial charge in [-0.1, -0.05) is 118 Å². The molecule has 0 aliphatic heterocycles. The van der Waals surface area contributed by atoms with Crippen molar-refractivity contribution in [1.82, 2.24) is 18.8 Å². The Morgan fingerprint density at radius 2 is 1.25 bits per heavy atom. The molecular weight excluding hydrogens is 724 g/mol. The SMILES string of the molecule is CC(C)(C)c1ccc2c(c1)c1ccc(Oc3[c-]c4c(cc3)c3cccc(C(C)(C)C)c3n3ccnc43)[c-]c1c1nccn21.[Pt+2]. The first kappa shape index (κ1) is 28.6. The van der Waals surface area contributed by atoms with Gasteiger partial charge in [-0.25, -0.2) is 0 Å². The topological polar surface area (TPSA) is 43.8 Å². The second-order valence-corrected chi connectivity index (χ2v) is 13.5. The fraction of sp³-hybridized carbons (Fsp3) is 0.211. The van der Waals surface area contributed by atoms with Gasteiger partial charge in [-0.05, 0) is 38.8 Å². The molecule has 0 saturated carbocycles. The number of aromatic nitrogens is 4. The van der Waals surface area contributed by atoms with Gasteiger partial charge in [-0.2, -0.15) is 0 Å². The number of pyridine rings is 2. The van der Waals surface area contributed by atoms with Gasteiger partial charge in [0.05, 0.1) is 11.3 Å². The van der Waals surface area contributed by atoms with Crippen LogP contribution in [0.15, 0.2) is 85.5 Å². The minimum absolute atomic E-state index is 0. The predicted octanol–water partition coefficient (Wildman–Crippen LogP) is 9.58. The van der Waals surface area contributed by atoms with Crippen molar-refractivity contribution in [3.63, 3.8) is 0 Å². The van der Waals surface area contributed by atoms with Crippen LogP contribution >= 0.6 is 0 Å². The predicted molar refractivity (Wildman–Crippen MR) is 176 cm³/mol. The average molecular weight is 756 g/mol. The molecule has 44 heavy (non-hydrogen) atoms. The number of para-hydroxylation sites is 1. The molecule has 0 atom stereocenters. The van der Waals surface area contributed by atoms with Crippen LogP contribution in [0.25, 0.3) is 54.6 Å². The minimum Gasteiger partial charge on any atom is -0.497 e. The fourth-order valence-corrected chi connectivity index (χ4v) is 6.39. The monoisotopic (exact) mass is 755 g/mol. The van der Waals surface area contributed by atoms with E-state index in [-0.39, 0.29) is 31.9 Å². The maximum Gasteiger partial charge on any atom is 2.00 e. The van der Waals surface area contributed by atoms with Crippen LogP contribution in [-0.4, -0.2) is 18.8 Å². The molecule has 4 heterocycles. The standard InChI is InChI=1S/C38H32N4O.Pt/c1-37(2,3)23-10-15-33-29(20-23)27-14-12-25(22-31(27)35-39-16-18-41(33)35)43-24-11-13-26-28-8-7-9-32(38(4,5)6)34(28)42-19-17-40-36(42)30(26)21-24;/h7-20H,1-6H3;/q-2;+2. The van der Waals surface area contributed by atoms with E-state index in [9.17, 15) is 0 Å². The second-order valence-electron chi connectivity index (χ2n) is 13.5. The maximum atomic E-state index is 6.44. The number of nitrogens with zero attached hydrogens (tertiary/aromatic N) is 4. The summed E-state index contributed by atoms with van der Waals surface area (Å²) >= 11 is 0. The van der Waals surface area contributed by atoms with Crippen molar-refractivity contribution >= 4 is 54.6 Å². The van der Waals surface area contributed by atoms with Crippen LogP contribution in [0.2, 0.25) is 0 Å². The first-order valence-electron chi connectivity index (χ1n) is 14.8. The van der Waals surface area contributed by atoms with Gasteiger partial charge < -0.3 is 13.5 Å². The molecule has 0 radical (unpaired) electrons. The van der Waals surface area contributed by atoms with E-state index in [4.69, 9.17) is 14.7 Å². The molecule has 6 heteroatoms. The maximum absolute atomic E-state index is 6.44. The number of hydrogen-bond donors (Lipinski definition) is 0. The fourth-order valence-electron chi connectivity index (χ4n) is 6.39. The Labute approximate surface area is 270 Å². The van der Waals surface area contributed by atoms with Crippen molar-refractivity contribution in [3.05, 3.63) is 109 Å². The number of hydrogen-bond acceptors (Lipinski definition) is 3. The molecule has 0 saturated heterocycles. The third-order valence-electron chi connectivity index (χ3n) is 8.57. The van der Waals surface area contributed by atoms with Crippen LogP contribution in [0.5, 0.6) is 11.5 Å². The normalized spacial score (nSPS) is 12.6. The van der Waals surface area contributed by atoms with Crippen LogP contribution in [0.1, 0.15) is 52.7 Å². The van der Waals surface area contributed by atoms with Crippen molar-refractivity contribution in [2.75, 3.05) is 0 Å². The van der Waals surface area contributed by atoms with Gasteiger partial charge in [0.2, 0.25) is 0 Å². The van der Waals surface area contributed by atoms with E-state index < -0.39 is 0 Å². The van der Waals surface area contributed by atoms with Gasteiger partial charge in [0, 0.05) is 47.3 Å². The Kier molecular flexibility index (Phi) is 6.43. The molecule has 0 aliphatic carbocycles. The van der Waals surface area contributed by atoms with Crippen LogP contribution in [-0.2, 0) is 31.9 Å². The van der Waals surface area contributed by atoms with Crippen molar-refractivity contribution < 1.29 is 25.8 Å². The molecule has 0 bridgehead atoms. The van der Waals surface area contributed by atoms with Crippen molar-refractivity contribution in [2.24, 2.45) is 0 Å². The summed E-state index contributed by atoms with van der Waals surface area (Å²) in [6.45, 7) is 13.5. The molecular formula is C38H32N4OPt. The summed E-state index contributed by atoms with van der Waals surface area (Å²) in [6.07, 6.45) is 7.75. The van der Waals surface area contributed by atoms with Crippen LogP contribution in [0.4, 0.5) is 0 Å². The smallest absolute Gasteiger partial charge is 0.497 e. The van der Waals surface area contributed by atoms with E-state index in [1.807, 2.05) is 36.9 Å². The summed E-state index contributed by atoms with van der Waals surface area (Å²) in [5, 5.41) is 6.42. The van der Waals surface area contributed by atoms with Gasteiger partial charge >= 0.3 is 21.1 Å². The van der Waals surface area contributed by atoms with Gasteiger partial charge in [-0.15, -0.1) is 12.1 Å². The molecule has 0 amide bonds. The first-order valence-corrected chi connectivity index (χ1v) is 14.8. The summed E-state index contributed by atoms with van der Waals surface area (Å²) in [4.78, 5) is 9.44. The summed E-state index contributed by atoms with van der Waals surface area (Å²) in [6, 6.07) is 28.6. The van der Waals surface area contributed by atoms with E-state index in [0.29, 0.717) is 11.5 Å². The zero-order valence-corrected chi connectivity index (χ0v) is 27.9. The van der Waals surface area contributed by atoms with Crippen molar-refractivity contribution in [3.8, 4) is 11.5 Å². The zero-order chi connectivity index (χ0) is 29.7. The van der Waals surface area contributed by atoms with E-state index >= 15 is 0 Å². The molecule has 4 aromatic heterocycles. The Balaban J connectivity index is 0.00000312. The molecule has 0 N–H and O–H groups in total. The van der Waals surface area contributed by atoms with Crippen molar-refractivity contribution in [2.45, 2.75) is 52.4 Å². The number of imidazole rings is 2. The van der Waals surface area contributed by atoms with E-state index in [1.165, 1.54) is 27.4 Å². The molecule has 4 aromatic carbocycles. The van der Waals surface area contributed by atoms with Gasteiger partial charge in [0.25, 0.3) is 0 Å². The quantitative estimate of drug-likeness (QED) is 0.131. The summed E-state index contributed by atoms with van der Waals surface area (Å²) < 4.78 is 10.8. The molecule has 0 spiro atoms. The molecule has 8 aromatic rings. The van der Waals surface area contributed by atoms with Crippen LogP contribution in [0, 0.1) is 12.1 Å². The molecule has 5 nitrogen and oxygen atoms in total. The molecule has 0 aliphatic rings. The van der Waals surface area contributed by atoms with E-state index in [0.717, 1.165) is 38.4 Å². The average Bonchev–Trinajstić information content (AvgIpc) is 3.67. The molecule has 0 unspecified atom stereocenters. The third kappa shape index (κ3) is 4.32. The number of benzene rings is 4. The summed E-state index contributed by atoms with van der Waals surface area (Å²) in [5.41, 5.74) is 6.65. The zero-order valence-electron chi connectivity index (χ0n) is 25.6. The van der Waals surface area contributed by atoms with Gasteiger partial charge in [0.15, 0.2) is 0 Å². The number of ether oxygens (including phenoxy) is 1. The Morgan fingerprint density at radius 1 is 0.636 bits per heavy atom. The third-order valence-corrected chi connectivity index (χ3v) is 8.57. The van der Waals surface area contributed by atoms with E-state index in [1.54, 1.807) is 0 Å². The Morgan fingerprint density at radius 3 is 1.89 bits per heavy atom. The minimum atomic E-state index is -0.0109. The van der Waals surface area contributed by atoms with Crippen LogP contribution < -0.4 is 4.74 Å². The Hall–Kier alpha value is -4.21. The van der Waals surface area contributed by atoms with Crippen LogP contribution in [0.3, 0.4) is 0 Å². The molecule has 8 rings (SSSR count). The van der Waals surface area contributed by atoms with Crippen molar-refractivity contribution in [1.29, 1.82) is 0 Å². The molecule has 220 valence electrons. The van der Waals surface area contributed by atoms with Gasteiger partial charge in [0.1, 0.15) is 0 Å². The summed E-state index contributed by atoms with van der Waals surface area (Å²) in [7, 11) is 0. The Bertz CT molecular complexity index is 2360. The number of rotatable bonds is 2. The first-order chi connectivity index (χ1) is 20.6. The second kappa shape index (κ2) is 9.90. The number of fused-ring (bicyclic) bond motifs is 12.